The van der Waals surface area contributed by atoms with Crippen LogP contribution >= 0.6 is 0 Å². The molecule has 2 aliphatic rings. The van der Waals surface area contributed by atoms with Crippen molar-refractivity contribution in [1.29, 1.82) is 0 Å². The molecule has 0 fully saturated rings. The van der Waals surface area contributed by atoms with Crippen LogP contribution in [0.2, 0.25) is 0 Å². The summed E-state index contributed by atoms with van der Waals surface area (Å²) in [4.78, 5) is 8.42. The molecule has 0 unspecified atom stereocenters. The van der Waals surface area contributed by atoms with E-state index in [-0.39, 0.29) is 0 Å². The zero-order valence-corrected chi connectivity index (χ0v) is 10.2. The van der Waals surface area contributed by atoms with Crippen LogP contribution in [0.3, 0.4) is 0 Å². The van der Waals surface area contributed by atoms with Crippen LogP contribution in [-0.2, 0) is 0 Å². The van der Waals surface area contributed by atoms with Gasteiger partial charge in [0.15, 0.2) is 0 Å². The van der Waals surface area contributed by atoms with Gasteiger partial charge in [-0.3, -0.25) is 9.98 Å². The van der Waals surface area contributed by atoms with Crippen molar-refractivity contribution < 1.29 is 0 Å². The highest BCUT2D eigenvalue weighted by Gasteiger charge is 2.01. The van der Waals surface area contributed by atoms with Gasteiger partial charge in [0.1, 0.15) is 0 Å². The highest BCUT2D eigenvalue weighted by Crippen LogP contribution is 1.87. The topological polar surface area (TPSA) is 97.6 Å². The Morgan fingerprint density at radius 2 is 1.39 bits per heavy atom. The van der Waals surface area contributed by atoms with Gasteiger partial charge >= 0.3 is 0 Å². The molecule has 4 N–H and O–H groups in total. The lowest BCUT2D eigenvalue weighted by molar-refractivity contribution is 0.711. The van der Waals surface area contributed by atoms with E-state index in [4.69, 9.17) is 0 Å². The van der Waals surface area contributed by atoms with E-state index in [1.807, 2.05) is 0 Å². The molecule has 18 heavy (non-hydrogen) atoms. The van der Waals surface area contributed by atoms with Crippen molar-refractivity contribution in [2.45, 2.75) is 12.8 Å². The monoisotopic (exact) mass is 250 g/mol. The summed E-state index contributed by atoms with van der Waals surface area (Å²) < 4.78 is 0. The van der Waals surface area contributed by atoms with Crippen LogP contribution in [0.15, 0.2) is 20.2 Å². The molecule has 0 aromatic rings. The van der Waals surface area contributed by atoms with Gasteiger partial charge in [-0.2, -0.15) is 10.2 Å². The minimum absolute atomic E-state index is 0.706. The molecule has 0 atom stereocenters. The summed E-state index contributed by atoms with van der Waals surface area (Å²) in [5, 5.41) is 14.1. The number of nitrogens with zero attached hydrogens (tertiary/aromatic N) is 4. The van der Waals surface area contributed by atoms with E-state index in [9.17, 15) is 0 Å². The average Bonchev–Trinajstić information content (AvgIpc) is 2.45. The largest absolute Gasteiger partial charge is 0.355 e. The molecule has 2 aliphatic heterocycles. The zero-order chi connectivity index (χ0) is 12.5. The second-order valence-corrected chi connectivity index (χ2v) is 3.80. The molecule has 0 saturated carbocycles. The predicted octanol–water partition coefficient (Wildman–Crippen LogP) is -1.16. The second-order valence-electron chi connectivity index (χ2n) is 3.80. The van der Waals surface area contributed by atoms with Crippen LogP contribution < -0.4 is 21.5 Å². The van der Waals surface area contributed by atoms with E-state index in [2.05, 4.69) is 41.7 Å². The van der Waals surface area contributed by atoms with Gasteiger partial charge in [0, 0.05) is 26.2 Å². The summed E-state index contributed by atoms with van der Waals surface area (Å²) in [5.74, 6) is 1.41. The first-order valence-electron chi connectivity index (χ1n) is 6.08. The van der Waals surface area contributed by atoms with E-state index in [1.165, 1.54) is 0 Å². The average molecular weight is 250 g/mol. The second kappa shape index (κ2) is 7.25. The van der Waals surface area contributed by atoms with Crippen molar-refractivity contribution >= 4 is 24.3 Å². The summed E-state index contributed by atoms with van der Waals surface area (Å²) >= 11 is 0. The molecule has 0 radical (unpaired) electrons. The highest BCUT2D eigenvalue weighted by molar-refractivity contribution is 6.16. The van der Waals surface area contributed by atoms with Crippen molar-refractivity contribution in [1.82, 2.24) is 21.5 Å². The first-order valence-corrected chi connectivity index (χ1v) is 6.08. The lowest BCUT2D eigenvalue weighted by Gasteiger charge is -2.12. The molecular formula is C10H18N8. The fourth-order valence-corrected chi connectivity index (χ4v) is 1.48. The quantitative estimate of drug-likeness (QED) is 0.375. The first-order chi connectivity index (χ1) is 8.95. The Bertz CT molecular complexity index is 334. The molecule has 0 saturated heterocycles. The molecule has 0 bridgehead atoms. The van der Waals surface area contributed by atoms with Gasteiger partial charge in [0.05, 0.1) is 12.4 Å². The van der Waals surface area contributed by atoms with Crippen LogP contribution in [0, 0.1) is 0 Å². The number of hydrogen-bond acceptors (Lipinski definition) is 8. The van der Waals surface area contributed by atoms with Crippen LogP contribution in [0.1, 0.15) is 12.8 Å². The zero-order valence-electron chi connectivity index (χ0n) is 10.2. The number of hydrazone groups is 2. The van der Waals surface area contributed by atoms with Crippen LogP contribution in [0.5, 0.6) is 0 Å². The van der Waals surface area contributed by atoms with Gasteiger partial charge < -0.3 is 10.6 Å². The van der Waals surface area contributed by atoms with E-state index in [0.717, 1.165) is 39.0 Å². The summed E-state index contributed by atoms with van der Waals surface area (Å²) in [6.07, 6.45) is 5.23. The Labute approximate surface area is 106 Å². The molecule has 8 nitrogen and oxygen atoms in total. The van der Waals surface area contributed by atoms with Gasteiger partial charge in [-0.05, 0) is 12.8 Å². The predicted molar refractivity (Wildman–Crippen MR) is 73.1 cm³/mol. The van der Waals surface area contributed by atoms with E-state index in [0.29, 0.717) is 11.9 Å². The summed E-state index contributed by atoms with van der Waals surface area (Å²) in [5.41, 5.74) is 5.61. The molecule has 0 aromatic heterocycles. The summed E-state index contributed by atoms with van der Waals surface area (Å²) in [6, 6.07) is 0. The third-order valence-electron chi connectivity index (χ3n) is 2.35. The third kappa shape index (κ3) is 4.40. The Morgan fingerprint density at radius 3 is 1.78 bits per heavy atom. The molecule has 0 aliphatic carbocycles. The molecule has 2 heterocycles. The van der Waals surface area contributed by atoms with Crippen molar-refractivity contribution in [2.75, 3.05) is 26.2 Å². The minimum atomic E-state index is 0.706. The van der Waals surface area contributed by atoms with Gasteiger partial charge in [-0.15, -0.1) is 0 Å². The molecular weight excluding hydrogens is 232 g/mol. The first kappa shape index (κ1) is 12.3. The number of hydrogen-bond donors (Lipinski definition) is 4. The number of guanidine groups is 2. The van der Waals surface area contributed by atoms with Crippen molar-refractivity contribution in [3.05, 3.63) is 0 Å². The van der Waals surface area contributed by atoms with Crippen LogP contribution in [-0.4, -0.2) is 50.5 Å². The normalized spacial score (nSPS) is 20.0. The highest BCUT2D eigenvalue weighted by atomic mass is 15.4. The van der Waals surface area contributed by atoms with Gasteiger partial charge in [-0.25, -0.2) is 10.9 Å². The fourth-order valence-electron chi connectivity index (χ4n) is 1.48. The SMILES string of the molecule is C(/C=N\NC1=NCCCN1)=N/NC1=NCCCN1. The summed E-state index contributed by atoms with van der Waals surface area (Å²) in [6.45, 7) is 3.54. The lowest BCUT2D eigenvalue weighted by Crippen LogP contribution is -2.38. The van der Waals surface area contributed by atoms with E-state index >= 15 is 0 Å². The van der Waals surface area contributed by atoms with Crippen LogP contribution in [0.4, 0.5) is 0 Å². The number of aliphatic imine (C=N–C) groups is 2. The molecule has 0 amide bonds. The van der Waals surface area contributed by atoms with Crippen molar-refractivity contribution in [3.63, 3.8) is 0 Å². The van der Waals surface area contributed by atoms with Gasteiger partial charge in [0.25, 0.3) is 0 Å². The van der Waals surface area contributed by atoms with E-state index in [1.54, 1.807) is 12.4 Å². The lowest BCUT2D eigenvalue weighted by atomic mass is 10.4. The standard InChI is InChI=1S/C10H18N8/c1-3-11-9(12-4-1)17-15-7-8-16-18-10-13-5-2-6-14-10/h7-8H,1-6H2,(H2,11,12,17)(H2,13,14,18)/b15-7-,16-8-. The molecule has 98 valence electrons. The van der Waals surface area contributed by atoms with E-state index < -0.39 is 0 Å². The Morgan fingerprint density at radius 1 is 0.889 bits per heavy atom. The Kier molecular flexibility index (Phi) is 4.97. The minimum Gasteiger partial charge on any atom is -0.355 e. The molecule has 0 spiro atoms. The number of rotatable bonds is 3. The maximum absolute atomic E-state index is 4.21. The van der Waals surface area contributed by atoms with Gasteiger partial charge in [0.2, 0.25) is 11.9 Å². The van der Waals surface area contributed by atoms with Crippen molar-refractivity contribution in [2.24, 2.45) is 20.2 Å². The fraction of sp³-hybridized carbons (Fsp3) is 0.600. The Balaban J connectivity index is 1.64. The smallest absolute Gasteiger partial charge is 0.212 e. The third-order valence-corrected chi connectivity index (χ3v) is 2.35. The van der Waals surface area contributed by atoms with Crippen LogP contribution in [0.25, 0.3) is 0 Å². The van der Waals surface area contributed by atoms with Gasteiger partial charge in [-0.1, -0.05) is 0 Å². The van der Waals surface area contributed by atoms with Crippen molar-refractivity contribution in [3.8, 4) is 0 Å². The maximum Gasteiger partial charge on any atom is 0.212 e. The summed E-state index contributed by atoms with van der Waals surface area (Å²) in [7, 11) is 0. The molecule has 2 rings (SSSR count). The molecule has 8 heteroatoms. The number of nitrogens with one attached hydrogen (secondary N) is 4. The maximum atomic E-state index is 4.21. The Hall–Kier alpha value is -2.12. The molecule has 0 aromatic carbocycles.